The molecule has 2 N–H and O–H groups in total. The van der Waals surface area contributed by atoms with Crippen molar-refractivity contribution in [2.75, 3.05) is 13.1 Å². The van der Waals surface area contributed by atoms with Gasteiger partial charge in [-0.3, -0.25) is 4.79 Å². The number of hydrogen-bond donors (Lipinski definition) is 2. The Morgan fingerprint density at radius 1 is 1.32 bits per heavy atom. The molecule has 0 aliphatic carbocycles. The van der Waals surface area contributed by atoms with Gasteiger partial charge in [0, 0.05) is 25.4 Å². The zero-order valence-corrected chi connectivity index (χ0v) is 16.4. The van der Waals surface area contributed by atoms with Crippen LogP contribution in [0.15, 0.2) is 6.33 Å². The summed E-state index contributed by atoms with van der Waals surface area (Å²) in [5.74, 6) is 0.296. The lowest BCUT2D eigenvalue weighted by Crippen LogP contribution is -2.47. The van der Waals surface area contributed by atoms with Crippen molar-refractivity contribution in [2.45, 2.75) is 64.2 Å². The number of halogens is 3. The molecule has 10 heteroatoms. The smallest absolute Gasteiger partial charge is 0.344 e. The van der Waals surface area contributed by atoms with E-state index >= 15 is 0 Å². The van der Waals surface area contributed by atoms with E-state index in [1.165, 1.54) is 17.8 Å². The van der Waals surface area contributed by atoms with Crippen LogP contribution in [0.25, 0.3) is 11.2 Å². The number of carbonyl (C=O) groups is 1. The van der Waals surface area contributed by atoms with Crippen molar-refractivity contribution in [2.24, 2.45) is 0 Å². The van der Waals surface area contributed by atoms with Crippen LogP contribution in [0.3, 0.4) is 0 Å². The number of aromatic nitrogens is 4. The summed E-state index contributed by atoms with van der Waals surface area (Å²) in [6.45, 7) is 8.13. The summed E-state index contributed by atoms with van der Waals surface area (Å²) in [6.07, 6.45) is -3.27. The molecule has 0 bridgehead atoms. The summed E-state index contributed by atoms with van der Waals surface area (Å²) < 4.78 is 39.6. The molecule has 28 heavy (non-hydrogen) atoms. The summed E-state index contributed by atoms with van der Waals surface area (Å²) in [7, 11) is 0. The predicted molar refractivity (Wildman–Crippen MR) is 97.7 cm³/mol. The first-order valence-electron chi connectivity index (χ1n) is 9.21. The molecule has 0 unspecified atom stereocenters. The van der Waals surface area contributed by atoms with Crippen molar-refractivity contribution in [3.8, 4) is 0 Å². The van der Waals surface area contributed by atoms with Gasteiger partial charge in [0.15, 0.2) is 5.65 Å². The molecule has 0 spiro atoms. The summed E-state index contributed by atoms with van der Waals surface area (Å²) in [5, 5.41) is 6.22. The number of hydrogen-bond acceptors (Lipinski definition) is 5. The second-order valence-electron chi connectivity index (χ2n) is 8.31. The Hall–Kier alpha value is -2.23. The molecular formula is C18H25F3N6O. The molecule has 2 aromatic rings. The molecule has 0 saturated carbocycles. The zero-order valence-electron chi connectivity index (χ0n) is 16.4. The molecule has 0 radical (unpaired) electrons. The van der Waals surface area contributed by atoms with Crippen molar-refractivity contribution >= 4 is 17.1 Å². The monoisotopic (exact) mass is 398 g/mol. The van der Waals surface area contributed by atoms with Gasteiger partial charge in [-0.2, -0.15) is 13.2 Å². The highest BCUT2D eigenvalue weighted by atomic mass is 19.4. The fourth-order valence-electron chi connectivity index (χ4n) is 3.42. The van der Waals surface area contributed by atoms with Gasteiger partial charge in [0.1, 0.15) is 11.3 Å². The second kappa shape index (κ2) is 6.98. The highest BCUT2D eigenvalue weighted by molar-refractivity contribution is 5.78. The van der Waals surface area contributed by atoms with Crippen molar-refractivity contribution in [3.05, 3.63) is 17.8 Å². The average Bonchev–Trinajstić information content (AvgIpc) is 3.17. The number of aryl methyl sites for hydroxylation is 1. The molecule has 1 aliphatic rings. The maximum absolute atomic E-state index is 12.7. The van der Waals surface area contributed by atoms with Crippen LogP contribution in [0, 0.1) is 0 Å². The van der Waals surface area contributed by atoms with E-state index in [4.69, 9.17) is 4.98 Å². The molecular weight excluding hydrogens is 373 g/mol. The fourth-order valence-corrected chi connectivity index (χ4v) is 3.42. The predicted octanol–water partition coefficient (Wildman–Crippen LogP) is 2.40. The Morgan fingerprint density at radius 3 is 2.57 bits per heavy atom. The van der Waals surface area contributed by atoms with E-state index < -0.39 is 23.6 Å². The topological polar surface area (TPSA) is 84.7 Å². The average molecular weight is 398 g/mol. The Morgan fingerprint density at radius 2 is 2.04 bits per heavy atom. The third kappa shape index (κ3) is 4.11. The Labute approximate surface area is 161 Å². The van der Waals surface area contributed by atoms with E-state index in [9.17, 15) is 18.0 Å². The molecule has 1 saturated heterocycles. The van der Waals surface area contributed by atoms with E-state index in [0.29, 0.717) is 42.2 Å². The molecule has 1 fully saturated rings. The molecule has 2 aromatic heterocycles. The summed E-state index contributed by atoms with van der Waals surface area (Å²) >= 11 is 0. The minimum Gasteiger partial charge on any atom is -0.344 e. The van der Waals surface area contributed by atoms with Crippen LogP contribution < -0.4 is 10.6 Å². The number of carbonyl (C=O) groups excluding carboxylic acids is 1. The molecule has 3 rings (SSSR count). The van der Waals surface area contributed by atoms with Crippen LogP contribution in [0.2, 0.25) is 0 Å². The molecule has 1 amide bonds. The quantitative estimate of drug-likeness (QED) is 0.826. The van der Waals surface area contributed by atoms with Crippen molar-refractivity contribution < 1.29 is 18.0 Å². The molecule has 154 valence electrons. The van der Waals surface area contributed by atoms with Crippen molar-refractivity contribution in [1.82, 2.24) is 30.2 Å². The molecule has 3 heterocycles. The maximum atomic E-state index is 12.7. The first kappa shape index (κ1) is 20.5. The molecule has 1 atom stereocenters. The van der Waals surface area contributed by atoms with Crippen LogP contribution in [-0.2, 0) is 22.3 Å². The first-order chi connectivity index (χ1) is 12.9. The van der Waals surface area contributed by atoms with E-state index in [1.807, 2.05) is 20.8 Å². The van der Waals surface area contributed by atoms with Crippen molar-refractivity contribution in [3.63, 3.8) is 0 Å². The summed E-state index contributed by atoms with van der Waals surface area (Å²) in [6, 6.07) is 0. The number of rotatable bonds is 4. The second-order valence-corrected chi connectivity index (χ2v) is 8.31. The zero-order chi connectivity index (χ0) is 20.7. The third-order valence-electron chi connectivity index (χ3n) is 4.79. The molecule has 1 aliphatic heterocycles. The van der Waals surface area contributed by atoms with Crippen LogP contribution in [0.4, 0.5) is 13.2 Å². The van der Waals surface area contributed by atoms with E-state index in [1.54, 1.807) is 0 Å². The number of amides is 1. The van der Waals surface area contributed by atoms with Gasteiger partial charge >= 0.3 is 6.18 Å². The van der Waals surface area contributed by atoms with Gasteiger partial charge in [0.2, 0.25) is 5.91 Å². The molecule has 7 nitrogen and oxygen atoms in total. The lowest BCUT2D eigenvalue weighted by molar-refractivity contribution is -0.136. The lowest BCUT2D eigenvalue weighted by atomic mass is 9.90. The first-order valence-corrected chi connectivity index (χ1v) is 9.21. The molecule has 0 aromatic carbocycles. The SMILES string of the molecule is CC(=O)N[C@@]1(c2nc(C(C)(C)C)nc3c2ncn3CCC(F)(F)F)CCNC1. The largest absolute Gasteiger partial charge is 0.390 e. The van der Waals surface area contributed by atoms with Gasteiger partial charge in [-0.05, 0) is 13.0 Å². The summed E-state index contributed by atoms with van der Waals surface area (Å²) in [4.78, 5) is 25.5. The number of fused-ring (bicyclic) bond motifs is 1. The van der Waals surface area contributed by atoms with Crippen LogP contribution in [-0.4, -0.2) is 44.7 Å². The van der Waals surface area contributed by atoms with Gasteiger partial charge in [-0.25, -0.2) is 15.0 Å². The number of imidazole rings is 1. The van der Waals surface area contributed by atoms with E-state index in [2.05, 4.69) is 20.6 Å². The van der Waals surface area contributed by atoms with Gasteiger partial charge in [-0.15, -0.1) is 0 Å². The fraction of sp³-hybridized carbons (Fsp3) is 0.667. The lowest BCUT2D eigenvalue weighted by Gasteiger charge is -2.30. The van der Waals surface area contributed by atoms with Gasteiger partial charge < -0.3 is 15.2 Å². The van der Waals surface area contributed by atoms with Crippen LogP contribution in [0.1, 0.15) is 52.1 Å². The van der Waals surface area contributed by atoms with Crippen molar-refractivity contribution in [1.29, 1.82) is 0 Å². The van der Waals surface area contributed by atoms with E-state index in [0.717, 1.165) is 0 Å². The number of nitrogens with one attached hydrogen (secondary N) is 2. The van der Waals surface area contributed by atoms with Crippen LogP contribution in [0.5, 0.6) is 0 Å². The minimum atomic E-state index is -4.27. The highest BCUT2D eigenvalue weighted by Crippen LogP contribution is 2.33. The number of alkyl halides is 3. The van der Waals surface area contributed by atoms with E-state index in [-0.39, 0.29) is 12.5 Å². The minimum absolute atomic E-state index is 0.204. The van der Waals surface area contributed by atoms with Gasteiger partial charge in [0.05, 0.1) is 24.0 Å². The Bertz CT molecular complexity index is 878. The highest BCUT2D eigenvalue weighted by Gasteiger charge is 2.41. The Kier molecular flexibility index (Phi) is 5.11. The number of nitrogens with zero attached hydrogens (tertiary/aromatic N) is 4. The van der Waals surface area contributed by atoms with Crippen LogP contribution >= 0.6 is 0 Å². The van der Waals surface area contributed by atoms with Gasteiger partial charge in [-0.1, -0.05) is 20.8 Å². The normalized spacial score (nSPS) is 20.7. The standard InChI is InChI=1S/C18H25F3N6O/c1-11(28)26-17(5-7-22-9-17)13-12-14(25-15(24-13)16(2,3)4)27(10-23-12)8-6-18(19,20)21/h10,22H,5-9H2,1-4H3,(H,26,28)/t17-/m0/s1. The van der Waals surface area contributed by atoms with Gasteiger partial charge in [0.25, 0.3) is 0 Å². The summed E-state index contributed by atoms with van der Waals surface area (Å²) in [5.41, 5.74) is 0.138. The maximum Gasteiger partial charge on any atom is 0.390 e. The third-order valence-corrected chi connectivity index (χ3v) is 4.79. The Balaban J connectivity index is 2.18.